The van der Waals surface area contributed by atoms with Gasteiger partial charge >= 0.3 is 0 Å². The molecule has 1 aliphatic heterocycles. The summed E-state index contributed by atoms with van der Waals surface area (Å²) < 4.78 is 0. The highest BCUT2D eigenvalue weighted by Crippen LogP contribution is 2.31. The quantitative estimate of drug-likeness (QED) is 0.912. The van der Waals surface area contributed by atoms with E-state index < -0.39 is 5.60 Å². The summed E-state index contributed by atoms with van der Waals surface area (Å²) in [6.07, 6.45) is 1.09. The van der Waals surface area contributed by atoms with Crippen LogP contribution in [0.25, 0.3) is 0 Å². The first-order valence-corrected chi connectivity index (χ1v) is 8.58. The number of carbonyl (C=O) groups is 1. The average Bonchev–Trinajstić information content (AvgIpc) is 2.46. The van der Waals surface area contributed by atoms with Crippen LogP contribution in [-0.2, 0) is 10.2 Å². The monoisotopic (exact) mass is 307 g/mol. The van der Waals surface area contributed by atoms with Crippen LogP contribution in [0.4, 0.5) is 5.69 Å². The minimum atomic E-state index is -1.19. The van der Waals surface area contributed by atoms with Crippen molar-refractivity contribution in [3.05, 3.63) is 29.8 Å². The molecule has 1 aromatic rings. The number of rotatable bonds is 2. The highest BCUT2D eigenvalue weighted by Gasteiger charge is 2.39. The Kier molecular flexibility index (Phi) is 4.69. The first-order chi connectivity index (χ1) is 9.74. The third kappa shape index (κ3) is 3.61. The molecule has 4 heteroatoms. The molecular formula is C17H25NO2S. The number of amides is 1. The van der Waals surface area contributed by atoms with Crippen molar-refractivity contribution in [2.75, 3.05) is 23.5 Å². The van der Waals surface area contributed by atoms with Crippen molar-refractivity contribution >= 4 is 23.4 Å². The molecule has 116 valence electrons. The first kappa shape index (κ1) is 16.4. The maximum absolute atomic E-state index is 12.6. The molecule has 0 radical (unpaired) electrons. The minimum Gasteiger partial charge on any atom is -0.380 e. The molecule has 0 bridgehead atoms. The van der Waals surface area contributed by atoms with E-state index in [0.717, 1.165) is 17.2 Å². The van der Waals surface area contributed by atoms with Crippen molar-refractivity contribution < 1.29 is 9.90 Å². The minimum absolute atomic E-state index is 0.0971. The van der Waals surface area contributed by atoms with Gasteiger partial charge in [0.05, 0.1) is 0 Å². The summed E-state index contributed by atoms with van der Waals surface area (Å²) in [5.74, 6) is 1.50. The van der Waals surface area contributed by atoms with Crippen LogP contribution in [0, 0.1) is 0 Å². The zero-order chi connectivity index (χ0) is 15.7. The predicted molar refractivity (Wildman–Crippen MR) is 90.1 cm³/mol. The SMILES string of the molecule is CN(C(=O)C1(O)CCSCC1)c1ccc(C(C)(C)C)cc1. The molecule has 1 saturated heterocycles. The van der Waals surface area contributed by atoms with Gasteiger partial charge in [0.2, 0.25) is 0 Å². The lowest BCUT2D eigenvalue weighted by Crippen LogP contribution is -2.50. The number of likely N-dealkylation sites (N-methyl/N-ethyl adjacent to an activating group) is 1. The van der Waals surface area contributed by atoms with Crippen LogP contribution in [-0.4, -0.2) is 35.2 Å². The van der Waals surface area contributed by atoms with E-state index in [-0.39, 0.29) is 11.3 Å². The number of aliphatic hydroxyl groups is 1. The molecule has 1 aliphatic rings. The highest BCUT2D eigenvalue weighted by atomic mass is 32.2. The van der Waals surface area contributed by atoms with Crippen molar-refractivity contribution in [1.82, 2.24) is 0 Å². The van der Waals surface area contributed by atoms with E-state index in [1.54, 1.807) is 23.7 Å². The van der Waals surface area contributed by atoms with E-state index in [9.17, 15) is 9.90 Å². The number of carbonyl (C=O) groups excluding carboxylic acids is 1. The lowest BCUT2D eigenvalue weighted by Gasteiger charge is -2.34. The second-order valence-electron chi connectivity index (χ2n) is 6.81. The van der Waals surface area contributed by atoms with Gasteiger partial charge in [-0.3, -0.25) is 4.79 Å². The predicted octanol–water partition coefficient (Wildman–Crippen LogP) is 3.21. The van der Waals surface area contributed by atoms with Crippen molar-refractivity contribution in [3.8, 4) is 0 Å². The zero-order valence-electron chi connectivity index (χ0n) is 13.3. The largest absolute Gasteiger partial charge is 0.380 e. The molecule has 0 atom stereocenters. The van der Waals surface area contributed by atoms with E-state index in [1.807, 2.05) is 12.1 Å². The Bertz CT molecular complexity index is 499. The Morgan fingerprint density at radius 1 is 1.19 bits per heavy atom. The summed E-state index contributed by atoms with van der Waals surface area (Å²) in [6, 6.07) is 8.03. The van der Waals surface area contributed by atoms with E-state index >= 15 is 0 Å². The summed E-state index contributed by atoms with van der Waals surface area (Å²) in [5, 5.41) is 10.6. The lowest BCUT2D eigenvalue weighted by atomic mass is 9.87. The first-order valence-electron chi connectivity index (χ1n) is 7.43. The van der Waals surface area contributed by atoms with E-state index in [2.05, 4.69) is 32.9 Å². The van der Waals surface area contributed by atoms with Crippen LogP contribution in [0.15, 0.2) is 24.3 Å². The van der Waals surface area contributed by atoms with Crippen LogP contribution >= 0.6 is 11.8 Å². The van der Waals surface area contributed by atoms with Crippen molar-refractivity contribution in [1.29, 1.82) is 0 Å². The van der Waals surface area contributed by atoms with Crippen LogP contribution in [0.1, 0.15) is 39.2 Å². The van der Waals surface area contributed by atoms with Gasteiger partial charge in [0.15, 0.2) is 0 Å². The summed E-state index contributed by atoms with van der Waals surface area (Å²) in [5.41, 5.74) is 0.974. The maximum atomic E-state index is 12.6. The van der Waals surface area contributed by atoms with Crippen LogP contribution < -0.4 is 4.90 Å². The highest BCUT2D eigenvalue weighted by molar-refractivity contribution is 7.99. The van der Waals surface area contributed by atoms with E-state index in [4.69, 9.17) is 0 Å². The van der Waals surface area contributed by atoms with Crippen molar-refractivity contribution in [3.63, 3.8) is 0 Å². The smallest absolute Gasteiger partial charge is 0.258 e. The van der Waals surface area contributed by atoms with E-state index in [0.29, 0.717) is 12.8 Å². The molecule has 3 nitrogen and oxygen atoms in total. The average molecular weight is 307 g/mol. The van der Waals surface area contributed by atoms with E-state index in [1.165, 1.54) is 5.56 Å². The van der Waals surface area contributed by atoms with Crippen LogP contribution in [0.3, 0.4) is 0 Å². The molecule has 0 unspecified atom stereocenters. The van der Waals surface area contributed by atoms with Gasteiger partial charge in [-0.25, -0.2) is 0 Å². The maximum Gasteiger partial charge on any atom is 0.258 e. The summed E-state index contributed by atoms with van der Waals surface area (Å²) in [4.78, 5) is 14.2. The van der Waals surface area contributed by atoms with Gasteiger partial charge in [0, 0.05) is 12.7 Å². The number of nitrogens with zero attached hydrogens (tertiary/aromatic N) is 1. The Morgan fingerprint density at radius 2 is 1.71 bits per heavy atom. The number of hydrogen-bond acceptors (Lipinski definition) is 3. The molecule has 0 aromatic heterocycles. The summed E-state index contributed by atoms with van der Waals surface area (Å²) >= 11 is 1.80. The molecule has 0 spiro atoms. The third-order valence-electron chi connectivity index (χ3n) is 4.14. The number of hydrogen-bond donors (Lipinski definition) is 1. The molecule has 1 heterocycles. The molecule has 1 N–H and O–H groups in total. The Labute approximate surface area is 131 Å². The van der Waals surface area contributed by atoms with Crippen LogP contribution in [0.5, 0.6) is 0 Å². The summed E-state index contributed by atoms with van der Waals surface area (Å²) in [6.45, 7) is 6.50. The van der Waals surface area contributed by atoms with Gasteiger partial charge in [0.25, 0.3) is 5.91 Å². The number of thioether (sulfide) groups is 1. The topological polar surface area (TPSA) is 40.5 Å². The number of benzene rings is 1. The van der Waals surface area contributed by atoms with Crippen molar-refractivity contribution in [2.24, 2.45) is 0 Å². The molecule has 0 saturated carbocycles. The van der Waals surface area contributed by atoms with Gasteiger partial charge in [-0.05, 0) is 47.5 Å². The third-order valence-corrected chi connectivity index (χ3v) is 5.13. The Balaban J connectivity index is 2.16. The fraction of sp³-hybridized carbons (Fsp3) is 0.588. The lowest BCUT2D eigenvalue weighted by molar-refractivity contribution is -0.137. The summed E-state index contributed by atoms with van der Waals surface area (Å²) in [7, 11) is 1.74. The fourth-order valence-corrected chi connectivity index (χ4v) is 3.71. The molecular weight excluding hydrogens is 282 g/mol. The second-order valence-corrected chi connectivity index (χ2v) is 8.03. The Hall–Kier alpha value is -1.00. The molecule has 2 rings (SSSR count). The Morgan fingerprint density at radius 3 is 2.19 bits per heavy atom. The van der Waals surface area contributed by atoms with Gasteiger partial charge in [-0.2, -0.15) is 11.8 Å². The van der Waals surface area contributed by atoms with Gasteiger partial charge in [-0.1, -0.05) is 32.9 Å². The fourth-order valence-electron chi connectivity index (χ4n) is 2.54. The number of anilines is 1. The standard InChI is InChI=1S/C17H25NO2S/c1-16(2,3)13-5-7-14(8-6-13)18(4)15(19)17(20)9-11-21-12-10-17/h5-8,20H,9-12H2,1-4H3. The molecule has 1 fully saturated rings. The molecule has 0 aliphatic carbocycles. The zero-order valence-corrected chi connectivity index (χ0v) is 14.2. The van der Waals surface area contributed by atoms with Crippen LogP contribution in [0.2, 0.25) is 0 Å². The van der Waals surface area contributed by atoms with Crippen molar-refractivity contribution in [2.45, 2.75) is 44.6 Å². The van der Waals surface area contributed by atoms with Gasteiger partial charge in [0.1, 0.15) is 5.60 Å². The molecule has 1 aromatic carbocycles. The van der Waals surface area contributed by atoms with Gasteiger partial charge < -0.3 is 10.0 Å². The molecule has 1 amide bonds. The van der Waals surface area contributed by atoms with Gasteiger partial charge in [-0.15, -0.1) is 0 Å². The molecule has 21 heavy (non-hydrogen) atoms. The second kappa shape index (κ2) is 6.01. The normalized spacial score (nSPS) is 18.3.